The van der Waals surface area contributed by atoms with E-state index in [1.165, 1.54) is 11.6 Å². The molecule has 1 saturated heterocycles. The monoisotopic (exact) mass is 530 g/mol. The standard InChI is InChI=1S/C30H42O8/c1-16-24(32)25(33)26(34)27(37-16)38-19-8-11-28(2)18(14-19)5-6-22-21(28)9-12-29(3)20(10-13-30(22,29)35)17-4-7-23(31)36-15-17/h4,7,14-16,19-22,24-27,32-35H,5-6,8-13H2,1-3H3/t16-,19-,20+,21-,22+,24-,25+,26+,27?,28-,29+,30-/m0/s1. The smallest absolute Gasteiger partial charge is 0.335 e. The third-order valence-corrected chi connectivity index (χ3v) is 11.5. The minimum Gasteiger partial charge on any atom is -0.431 e. The SMILES string of the molecule is C[C@@H]1OC(O[C@@H]2C=C3CC[C@@H]4[C@H](CC[C@]5(C)[C@@H](c6ccc(=O)oc6)CC[C@]45O)[C@@]3(C)CC2)[C@H](O)[C@H](O)[C@H]1O. The van der Waals surface area contributed by atoms with E-state index in [1.807, 2.05) is 6.07 Å². The van der Waals surface area contributed by atoms with Crippen LogP contribution in [0.15, 0.2) is 39.3 Å². The number of hydrogen-bond acceptors (Lipinski definition) is 8. The van der Waals surface area contributed by atoms with Crippen LogP contribution in [0.1, 0.15) is 83.6 Å². The summed E-state index contributed by atoms with van der Waals surface area (Å²) < 4.78 is 17.0. The van der Waals surface area contributed by atoms with Gasteiger partial charge in [0.15, 0.2) is 6.29 Å². The van der Waals surface area contributed by atoms with E-state index in [1.54, 1.807) is 13.2 Å². The second-order valence-electron chi connectivity index (χ2n) is 13.1. The average Bonchev–Trinajstić information content (AvgIpc) is 3.18. The van der Waals surface area contributed by atoms with E-state index in [9.17, 15) is 25.2 Å². The van der Waals surface area contributed by atoms with Crippen molar-refractivity contribution in [3.63, 3.8) is 0 Å². The summed E-state index contributed by atoms with van der Waals surface area (Å²) in [5.41, 5.74) is 0.991. The summed E-state index contributed by atoms with van der Waals surface area (Å²) in [6.45, 7) is 6.26. The molecule has 6 rings (SSSR count). The van der Waals surface area contributed by atoms with Crippen LogP contribution < -0.4 is 5.63 Å². The van der Waals surface area contributed by atoms with Crippen molar-refractivity contribution in [3.8, 4) is 0 Å². The molecule has 3 saturated carbocycles. The first-order chi connectivity index (χ1) is 18.0. The van der Waals surface area contributed by atoms with E-state index in [4.69, 9.17) is 13.9 Å². The summed E-state index contributed by atoms with van der Waals surface area (Å²) in [5.74, 6) is 0.759. The van der Waals surface area contributed by atoms with Crippen LogP contribution in [0, 0.1) is 22.7 Å². The van der Waals surface area contributed by atoms with Gasteiger partial charge in [0.05, 0.1) is 24.1 Å². The summed E-state index contributed by atoms with van der Waals surface area (Å²) in [6.07, 6.45) is 5.32. The van der Waals surface area contributed by atoms with Crippen LogP contribution >= 0.6 is 0 Å². The van der Waals surface area contributed by atoms with E-state index in [-0.39, 0.29) is 34.4 Å². The lowest BCUT2D eigenvalue weighted by Gasteiger charge is -2.62. The van der Waals surface area contributed by atoms with Gasteiger partial charge in [-0.3, -0.25) is 0 Å². The van der Waals surface area contributed by atoms with Crippen molar-refractivity contribution in [3.05, 3.63) is 46.0 Å². The fraction of sp³-hybridized carbons (Fsp3) is 0.767. The molecule has 38 heavy (non-hydrogen) atoms. The third-order valence-electron chi connectivity index (χ3n) is 11.5. The van der Waals surface area contributed by atoms with Crippen LogP contribution in [0.5, 0.6) is 0 Å². The molecule has 0 bridgehead atoms. The maximum absolute atomic E-state index is 12.4. The second-order valence-corrected chi connectivity index (χ2v) is 13.1. The van der Waals surface area contributed by atoms with Gasteiger partial charge in [0.1, 0.15) is 18.3 Å². The number of aliphatic hydroxyl groups excluding tert-OH is 3. The molecule has 4 fully saturated rings. The van der Waals surface area contributed by atoms with Crippen LogP contribution in [0.3, 0.4) is 0 Å². The highest BCUT2D eigenvalue weighted by molar-refractivity contribution is 5.31. The first-order valence-corrected chi connectivity index (χ1v) is 14.4. The Labute approximate surface area is 223 Å². The molecule has 12 atom stereocenters. The summed E-state index contributed by atoms with van der Waals surface area (Å²) in [4.78, 5) is 11.5. The Morgan fingerprint density at radius 2 is 1.74 bits per heavy atom. The fourth-order valence-corrected chi connectivity index (χ4v) is 9.17. The first-order valence-electron chi connectivity index (χ1n) is 14.4. The van der Waals surface area contributed by atoms with Crippen molar-refractivity contribution in [1.82, 2.24) is 0 Å². The van der Waals surface area contributed by atoms with Gasteiger partial charge in [0, 0.05) is 11.5 Å². The molecule has 1 aromatic heterocycles. The van der Waals surface area contributed by atoms with Gasteiger partial charge >= 0.3 is 5.63 Å². The molecular weight excluding hydrogens is 488 g/mol. The lowest BCUT2D eigenvalue weighted by atomic mass is 9.45. The molecule has 2 heterocycles. The number of rotatable bonds is 3. The molecule has 0 spiro atoms. The molecule has 1 unspecified atom stereocenters. The minimum atomic E-state index is -1.31. The molecule has 4 aliphatic carbocycles. The van der Waals surface area contributed by atoms with Crippen LogP contribution in [-0.2, 0) is 9.47 Å². The molecule has 0 radical (unpaired) electrons. The van der Waals surface area contributed by atoms with Gasteiger partial charge in [-0.2, -0.15) is 0 Å². The zero-order valence-electron chi connectivity index (χ0n) is 22.6. The average molecular weight is 531 g/mol. The topological polar surface area (TPSA) is 130 Å². The summed E-state index contributed by atoms with van der Waals surface area (Å²) in [7, 11) is 0. The molecule has 1 aromatic rings. The van der Waals surface area contributed by atoms with Gasteiger partial charge in [0.2, 0.25) is 0 Å². The Hall–Kier alpha value is -1.55. The van der Waals surface area contributed by atoms with Gasteiger partial charge in [-0.15, -0.1) is 0 Å². The van der Waals surface area contributed by atoms with Crippen molar-refractivity contribution in [1.29, 1.82) is 0 Å². The van der Waals surface area contributed by atoms with Gasteiger partial charge in [-0.05, 0) is 93.1 Å². The predicted octanol–water partition coefficient (Wildman–Crippen LogP) is 3.01. The lowest BCUT2D eigenvalue weighted by molar-refractivity contribution is -0.301. The van der Waals surface area contributed by atoms with E-state index >= 15 is 0 Å². The summed E-state index contributed by atoms with van der Waals surface area (Å²) >= 11 is 0. The highest BCUT2D eigenvalue weighted by Gasteiger charge is 2.66. The molecule has 210 valence electrons. The summed E-state index contributed by atoms with van der Waals surface area (Å²) in [6, 6.07) is 3.36. The van der Waals surface area contributed by atoms with E-state index < -0.39 is 36.3 Å². The Kier molecular flexibility index (Phi) is 6.49. The minimum absolute atomic E-state index is 0.0213. The number of ether oxygens (including phenoxy) is 2. The Bertz CT molecular complexity index is 1130. The van der Waals surface area contributed by atoms with Crippen LogP contribution in [0.4, 0.5) is 0 Å². The Balaban J connectivity index is 1.21. The van der Waals surface area contributed by atoms with Gasteiger partial charge in [-0.25, -0.2) is 4.79 Å². The molecule has 4 N–H and O–H groups in total. The molecule has 0 aromatic carbocycles. The van der Waals surface area contributed by atoms with Gasteiger partial charge in [-0.1, -0.05) is 25.5 Å². The number of hydrogen-bond donors (Lipinski definition) is 4. The molecular formula is C30H42O8. The van der Waals surface area contributed by atoms with Crippen molar-refractivity contribution >= 4 is 0 Å². The third kappa shape index (κ3) is 3.82. The Morgan fingerprint density at radius 3 is 2.47 bits per heavy atom. The zero-order valence-corrected chi connectivity index (χ0v) is 22.6. The first kappa shape index (κ1) is 26.7. The van der Waals surface area contributed by atoms with Crippen molar-refractivity contribution < 1.29 is 34.3 Å². The van der Waals surface area contributed by atoms with Crippen LogP contribution in [-0.4, -0.2) is 62.8 Å². The predicted molar refractivity (Wildman–Crippen MR) is 138 cm³/mol. The van der Waals surface area contributed by atoms with E-state index in [0.29, 0.717) is 5.92 Å². The Morgan fingerprint density at radius 1 is 0.947 bits per heavy atom. The van der Waals surface area contributed by atoms with Crippen molar-refractivity contribution in [2.24, 2.45) is 22.7 Å². The highest BCUT2D eigenvalue weighted by Crippen LogP contribution is 2.70. The maximum Gasteiger partial charge on any atom is 0.335 e. The fourth-order valence-electron chi connectivity index (χ4n) is 9.17. The normalized spacial score (nSPS) is 50.5. The lowest BCUT2D eigenvalue weighted by Crippen LogP contribution is -2.60. The van der Waals surface area contributed by atoms with Gasteiger partial charge in [0.25, 0.3) is 0 Å². The van der Waals surface area contributed by atoms with Crippen LogP contribution in [0.2, 0.25) is 0 Å². The van der Waals surface area contributed by atoms with Crippen molar-refractivity contribution in [2.45, 2.75) is 120 Å². The van der Waals surface area contributed by atoms with Crippen molar-refractivity contribution in [2.75, 3.05) is 0 Å². The largest absolute Gasteiger partial charge is 0.431 e. The molecule has 5 aliphatic rings. The second kappa shape index (κ2) is 9.25. The molecule has 1 aliphatic heterocycles. The van der Waals surface area contributed by atoms with E-state index in [2.05, 4.69) is 19.9 Å². The number of fused-ring (bicyclic) bond motifs is 5. The molecule has 0 amide bonds. The maximum atomic E-state index is 12.4. The van der Waals surface area contributed by atoms with E-state index in [0.717, 1.165) is 56.9 Å². The number of aliphatic hydroxyl groups is 4. The zero-order chi connectivity index (χ0) is 27.0. The molecule has 8 nitrogen and oxygen atoms in total. The summed E-state index contributed by atoms with van der Waals surface area (Å²) in [5, 5.41) is 43.0. The van der Waals surface area contributed by atoms with Gasteiger partial charge < -0.3 is 34.3 Å². The molecule has 8 heteroatoms. The number of allylic oxidation sites excluding steroid dienone is 1. The quantitative estimate of drug-likeness (QED) is 0.439. The van der Waals surface area contributed by atoms with Crippen LogP contribution in [0.25, 0.3) is 0 Å². The highest BCUT2D eigenvalue weighted by atomic mass is 16.7.